The molecule has 1 aliphatic heterocycles. The van der Waals surface area contributed by atoms with Crippen LogP contribution >= 0.6 is 0 Å². The summed E-state index contributed by atoms with van der Waals surface area (Å²) in [4.78, 5) is 38.4. The van der Waals surface area contributed by atoms with E-state index in [9.17, 15) is 14.4 Å². The Hall–Kier alpha value is -2.88. The molecule has 2 atom stereocenters. The number of nitriles is 1. The third kappa shape index (κ3) is 2.95. The number of carbonyl (C=O) groups is 3. The number of rotatable bonds is 3. The Morgan fingerprint density at radius 2 is 2.16 bits per heavy atom. The van der Waals surface area contributed by atoms with Crippen LogP contribution in [-0.2, 0) is 9.59 Å². The van der Waals surface area contributed by atoms with Crippen molar-refractivity contribution in [3.05, 3.63) is 29.8 Å². The third-order valence-corrected chi connectivity index (χ3v) is 5.12. The standard InChI is InChI=1S/C18H20N4O3/c1-12-6-4-5-9-18(12)16(24)22(17(25)21-18)11-15(23)20-14-8-3-2-7-13(14)10-19/h2-3,7-8,12H,4-6,9,11H2,1H3,(H,20,23)(H,21,25)/t12-,18-/m1/s1. The molecule has 2 N–H and O–H groups in total. The van der Waals surface area contributed by atoms with Crippen LogP contribution in [-0.4, -0.2) is 34.8 Å². The smallest absolute Gasteiger partial charge is 0.323 e. The van der Waals surface area contributed by atoms with Gasteiger partial charge in [-0.1, -0.05) is 31.9 Å². The van der Waals surface area contributed by atoms with Gasteiger partial charge in [0, 0.05) is 0 Å². The van der Waals surface area contributed by atoms with Gasteiger partial charge in [0.1, 0.15) is 18.2 Å². The Morgan fingerprint density at radius 3 is 2.88 bits per heavy atom. The summed E-state index contributed by atoms with van der Waals surface area (Å²) in [5.74, 6) is -0.787. The quantitative estimate of drug-likeness (QED) is 0.822. The van der Waals surface area contributed by atoms with Gasteiger partial charge in [-0.3, -0.25) is 14.5 Å². The molecule has 1 saturated heterocycles. The van der Waals surface area contributed by atoms with Gasteiger partial charge in [-0.2, -0.15) is 5.26 Å². The second kappa shape index (κ2) is 6.55. The van der Waals surface area contributed by atoms with Crippen LogP contribution < -0.4 is 10.6 Å². The maximum absolute atomic E-state index is 12.8. The largest absolute Gasteiger partial charge is 0.325 e. The predicted molar refractivity (Wildman–Crippen MR) is 90.4 cm³/mol. The molecule has 2 aliphatic rings. The molecule has 3 rings (SSSR count). The van der Waals surface area contributed by atoms with E-state index in [-0.39, 0.29) is 18.4 Å². The highest BCUT2D eigenvalue weighted by atomic mass is 16.2. The van der Waals surface area contributed by atoms with Crippen LogP contribution in [0.2, 0.25) is 0 Å². The van der Waals surface area contributed by atoms with Gasteiger partial charge in [-0.25, -0.2) is 4.79 Å². The van der Waals surface area contributed by atoms with Crippen molar-refractivity contribution in [3.8, 4) is 6.07 Å². The molecular weight excluding hydrogens is 320 g/mol. The third-order valence-electron chi connectivity index (χ3n) is 5.12. The van der Waals surface area contributed by atoms with Gasteiger partial charge in [0.2, 0.25) is 5.91 Å². The number of para-hydroxylation sites is 1. The Balaban J connectivity index is 1.72. The predicted octanol–water partition coefficient (Wildman–Crippen LogP) is 2.00. The summed E-state index contributed by atoms with van der Waals surface area (Å²) < 4.78 is 0. The molecule has 1 aromatic rings. The fourth-order valence-electron chi connectivity index (χ4n) is 3.66. The molecule has 2 fully saturated rings. The molecule has 1 heterocycles. The van der Waals surface area contributed by atoms with E-state index in [0.717, 1.165) is 24.2 Å². The summed E-state index contributed by atoms with van der Waals surface area (Å²) in [7, 11) is 0. The molecule has 7 heteroatoms. The molecule has 25 heavy (non-hydrogen) atoms. The molecule has 0 unspecified atom stereocenters. The summed E-state index contributed by atoms with van der Waals surface area (Å²) in [6.07, 6.45) is 3.40. The second-order valence-corrected chi connectivity index (χ2v) is 6.65. The van der Waals surface area contributed by atoms with Crippen LogP contribution in [0.3, 0.4) is 0 Å². The summed E-state index contributed by atoms with van der Waals surface area (Å²) in [5, 5.41) is 14.5. The van der Waals surface area contributed by atoms with Crippen molar-refractivity contribution < 1.29 is 14.4 Å². The number of carbonyl (C=O) groups excluding carboxylic acids is 3. The van der Waals surface area contributed by atoms with Crippen molar-refractivity contribution in [1.82, 2.24) is 10.2 Å². The van der Waals surface area contributed by atoms with E-state index in [0.29, 0.717) is 17.7 Å². The van der Waals surface area contributed by atoms with Gasteiger partial charge in [-0.15, -0.1) is 0 Å². The lowest BCUT2D eigenvalue weighted by Crippen LogP contribution is -2.54. The van der Waals surface area contributed by atoms with Gasteiger partial charge < -0.3 is 10.6 Å². The number of benzene rings is 1. The average Bonchev–Trinajstić information content (AvgIpc) is 2.83. The minimum Gasteiger partial charge on any atom is -0.323 e. The van der Waals surface area contributed by atoms with Crippen LogP contribution in [0.5, 0.6) is 0 Å². The molecule has 0 bridgehead atoms. The van der Waals surface area contributed by atoms with E-state index in [1.165, 1.54) is 0 Å². The normalized spacial score (nSPS) is 25.6. The number of hydrogen-bond donors (Lipinski definition) is 2. The number of nitrogens with one attached hydrogen (secondary N) is 2. The van der Waals surface area contributed by atoms with Crippen LogP contribution in [0.25, 0.3) is 0 Å². The molecule has 1 spiro atoms. The zero-order valence-corrected chi connectivity index (χ0v) is 14.0. The van der Waals surface area contributed by atoms with E-state index in [2.05, 4.69) is 10.6 Å². The molecule has 1 saturated carbocycles. The highest BCUT2D eigenvalue weighted by molar-refractivity contribution is 6.10. The second-order valence-electron chi connectivity index (χ2n) is 6.65. The topological polar surface area (TPSA) is 102 Å². The Kier molecular flexibility index (Phi) is 4.45. The van der Waals surface area contributed by atoms with Crippen molar-refractivity contribution in [2.24, 2.45) is 5.92 Å². The zero-order valence-electron chi connectivity index (χ0n) is 14.0. The van der Waals surface area contributed by atoms with Gasteiger partial charge in [-0.05, 0) is 30.9 Å². The summed E-state index contributed by atoms with van der Waals surface area (Å²) in [6.45, 7) is 1.60. The van der Waals surface area contributed by atoms with Crippen LogP contribution in [0, 0.1) is 17.2 Å². The Bertz CT molecular complexity index is 770. The number of amides is 4. The molecule has 0 aromatic heterocycles. The first-order valence-corrected chi connectivity index (χ1v) is 8.41. The van der Waals surface area contributed by atoms with E-state index >= 15 is 0 Å². The number of urea groups is 1. The van der Waals surface area contributed by atoms with Gasteiger partial charge in [0.25, 0.3) is 5.91 Å². The highest BCUT2D eigenvalue weighted by Crippen LogP contribution is 2.38. The lowest BCUT2D eigenvalue weighted by Gasteiger charge is -2.36. The average molecular weight is 340 g/mol. The Labute approximate surface area is 146 Å². The first-order valence-electron chi connectivity index (χ1n) is 8.41. The van der Waals surface area contributed by atoms with E-state index in [4.69, 9.17) is 5.26 Å². The van der Waals surface area contributed by atoms with Crippen molar-refractivity contribution in [3.63, 3.8) is 0 Å². The fraction of sp³-hybridized carbons (Fsp3) is 0.444. The lowest BCUT2D eigenvalue weighted by molar-refractivity contribution is -0.136. The first kappa shape index (κ1) is 17.0. The number of imide groups is 1. The maximum atomic E-state index is 12.8. The van der Waals surface area contributed by atoms with Crippen LogP contribution in [0.1, 0.15) is 38.2 Å². The maximum Gasteiger partial charge on any atom is 0.325 e. The lowest BCUT2D eigenvalue weighted by atomic mass is 9.73. The minimum atomic E-state index is -0.875. The van der Waals surface area contributed by atoms with Gasteiger partial charge in [0.15, 0.2) is 0 Å². The number of hydrogen-bond acceptors (Lipinski definition) is 4. The fourth-order valence-corrected chi connectivity index (χ4v) is 3.66. The van der Waals surface area contributed by atoms with Crippen molar-refractivity contribution in [1.29, 1.82) is 5.26 Å². The van der Waals surface area contributed by atoms with Crippen LogP contribution in [0.4, 0.5) is 10.5 Å². The van der Waals surface area contributed by atoms with Crippen molar-refractivity contribution in [2.75, 3.05) is 11.9 Å². The first-order chi connectivity index (χ1) is 12.0. The zero-order chi connectivity index (χ0) is 18.0. The monoisotopic (exact) mass is 340 g/mol. The van der Waals surface area contributed by atoms with Gasteiger partial charge >= 0.3 is 6.03 Å². The molecule has 7 nitrogen and oxygen atoms in total. The molecule has 1 aliphatic carbocycles. The summed E-state index contributed by atoms with van der Waals surface area (Å²) in [5.41, 5.74) is -0.187. The minimum absolute atomic E-state index is 0.0464. The molecule has 130 valence electrons. The SMILES string of the molecule is C[C@@H]1CCCC[C@@]12NC(=O)N(CC(=O)Nc1ccccc1C#N)C2=O. The summed E-state index contributed by atoms with van der Waals surface area (Å²) >= 11 is 0. The van der Waals surface area contributed by atoms with E-state index in [1.54, 1.807) is 24.3 Å². The number of anilines is 1. The van der Waals surface area contributed by atoms with E-state index < -0.39 is 17.5 Å². The molecule has 4 amide bonds. The van der Waals surface area contributed by atoms with Gasteiger partial charge in [0.05, 0.1) is 11.3 Å². The van der Waals surface area contributed by atoms with Crippen LogP contribution in [0.15, 0.2) is 24.3 Å². The highest BCUT2D eigenvalue weighted by Gasteiger charge is 2.55. The molecule has 1 aromatic carbocycles. The summed E-state index contributed by atoms with van der Waals surface area (Å²) in [6, 6.07) is 8.05. The van der Waals surface area contributed by atoms with Crippen molar-refractivity contribution >= 4 is 23.5 Å². The Morgan fingerprint density at radius 1 is 1.40 bits per heavy atom. The molecule has 0 radical (unpaired) electrons. The van der Waals surface area contributed by atoms with E-state index in [1.807, 2.05) is 13.0 Å². The molecular formula is C18H20N4O3. The number of nitrogens with zero attached hydrogens (tertiary/aromatic N) is 2. The van der Waals surface area contributed by atoms with Crippen molar-refractivity contribution in [2.45, 2.75) is 38.1 Å².